The number of fused-ring (bicyclic) bond motifs is 2. The van der Waals surface area contributed by atoms with Gasteiger partial charge >= 0.3 is 0 Å². The molecule has 1 aliphatic rings. The molecule has 4 nitrogen and oxygen atoms in total. The third-order valence-electron chi connectivity index (χ3n) is 3.66. The summed E-state index contributed by atoms with van der Waals surface area (Å²) in [6.07, 6.45) is 0. The van der Waals surface area contributed by atoms with Crippen molar-refractivity contribution in [1.29, 1.82) is 0 Å². The highest BCUT2D eigenvalue weighted by atomic mass is 35.5. The van der Waals surface area contributed by atoms with Crippen LogP contribution in [0.5, 0.6) is 5.88 Å². The molecule has 6 heteroatoms. The second-order valence-electron chi connectivity index (χ2n) is 4.99. The van der Waals surface area contributed by atoms with Crippen LogP contribution in [-0.4, -0.2) is 16.0 Å². The van der Waals surface area contributed by atoms with Gasteiger partial charge in [-0.3, -0.25) is 4.79 Å². The lowest BCUT2D eigenvalue weighted by atomic mass is 10.0. The van der Waals surface area contributed by atoms with Gasteiger partial charge in [0.25, 0.3) is 5.91 Å². The van der Waals surface area contributed by atoms with Crippen LogP contribution in [0.25, 0.3) is 16.5 Å². The fraction of sp³-hybridized carbons (Fsp3) is 0. The summed E-state index contributed by atoms with van der Waals surface area (Å²) >= 11 is 11.9. The molecule has 0 bridgehead atoms. The molecule has 0 aliphatic carbocycles. The average Bonchev–Trinajstić information content (AvgIpc) is 2.93. The maximum atomic E-state index is 12.3. The van der Waals surface area contributed by atoms with E-state index in [1.54, 1.807) is 36.4 Å². The van der Waals surface area contributed by atoms with Crippen molar-refractivity contribution in [3.05, 3.63) is 62.6 Å². The molecule has 2 N–H and O–H groups in total. The summed E-state index contributed by atoms with van der Waals surface area (Å²) < 4.78 is 0. The number of amides is 1. The Morgan fingerprint density at radius 3 is 2.59 bits per heavy atom. The van der Waals surface area contributed by atoms with Crippen LogP contribution in [0.15, 0.2) is 41.4 Å². The third-order valence-corrected chi connectivity index (χ3v) is 4.13. The fourth-order valence-corrected chi connectivity index (χ4v) is 3.08. The summed E-state index contributed by atoms with van der Waals surface area (Å²) in [6.45, 7) is 0. The van der Waals surface area contributed by atoms with E-state index < -0.39 is 5.91 Å². The number of H-pyrrole nitrogens is 1. The van der Waals surface area contributed by atoms with Crippen LogP contribution in [0.4, 0.5) is 0 Å². The van der Waals surface area contributed by atoms with Crippen molar-refractivity contribution in [2.45, 2.75) is 0 Å². The molecule has 3 aromatic rings. The number of halogens is 2. The van der Waals surface area contributed by atoms with E-state index >= 15 is 0 Å². The maximum Gasteiger partial charge on any atom is 0.279 e. The smallest absolute Gasteiger partial charge is 0.279 e. The van der Waals surface area contributed by atoms with Gasteiger partial charge in [0.1, 0.15) is 0 Å². The molecular formula is C16H8Cl2N2O2. The summed E-state index contributed by atoms with van der Waals surface area (Å²) in [6, 6.07) is 10.2. The first-order valence-electron chi connectivity index (χ1n) is 6.48. The predicted molar refractivity (Wildman–Crippen MR) is 84.7 cm³/mol. The largest absolute Gasteiger partial charge is 0.494 e. The number of hydrogen-bond donors (Lipinski definition) is 2. The van der Waals surface area contributed by atoms with Crippen LogP contribution >= 0.6 is 23.2 Å². The quantitative estimate of drug-likeness (QED) is 0.720. The summed E-state index contributed by atoms with van der Waals surface area (Å²) in [5.41, 5.74) is 1.45. The number of aromatic nitrogens is 1. The van der Waals surface area contributed by atoms with Crippen LogP contribution in [0, 0.1) is 0 Å². The first kappa shape index (κ1) is 13.4. The van der Waals surface area contributed by atoms with Crippen LogP contribution in [0.3, 0.4) is 0 Å². The Kier molecular flexibility index (Phi) is 2.79. The van der Waals surface area contributed by atoms with Gasteiger partial charge in [-0.05, 0) is 24.3 Å². The SMILES string of the molecule is O=C1N=c2cc(Cl)ccc2=C1c1c(O)[nH]c2cc(Cl)ccc12. The minimum absolute atomic E-state index is 0.0846. The summed E-state index contributed by atoms with van der Waals surface area (Å²) in [4.78, 5) is 19.1. The Labute approximate surface area is 134 Å². The summed E-state index contributed by atoms with van der Waals surface area (Å²) in [5, 5.41) is 13.2. The highest BCUT2D eigenvalue weighted by molar-refractivity contribution is 6.32. The molecule has 4 rings (SSSR count). The van der Waals surface area contributed by atoms with Gasteiger partial charge in [-0.1, -0.05) is 35.3 Å². The third kappa shape index (κ3) is 1.85. The second kappa shape index (κ2) is 4.60. The van der Waals surface area contributed by atoms with E-state index in [2.05, 4.69) is 9.98 Å². The molecule has 0 unspecified atom stereocenters. The lowest BCUT2D eigenvalue weighted by Crippen LogP contribution is -2.22. The number of aromatic amines is 1. The number of rotatable bonds is 1. The van der Waals surface area contributed by atoms with E-state index in [1.807, 2.05) is 0 Å². The van der Waals surface area contributed by atoms with E-state index in [-0.39, 0.29) is 5.88 Å². The fourth-order valence-electron chi connectivity index (χ4n) is 2.74. The van der Waals surface area contributed by atoms with Crippen molar-refractivity contribution >= 4 is 45.6 Å². The van der Waals surface area contributed by atoms with E-state index in [9.17, 15) is 9.90 Å². The molecular weight excluding hydrogens is 323 g/mol. The maximum absolute atomic E-state index is 12.3. The van der Waals surface area contributed by atoms with Gasteiger partial charge < -0.3 is 10.1 Å². The number of carbonyl (C=O) groups is 1. The molecule has 1 aliphatic heterocycles. The number of benzene rings is 2. The molecule has 2 aromatic carbocycles. The van der Waals surface area contributed by atoms with Crippen molar-refractivity contribution < 1.29 is 9.90 Å². The zero-order chi connectivity index (χ0) is 15.4. The second-order valence-corrected chi connectivity index (χ2v) is 5.86. The van der Waals surface area contributed by atoms with Gasteiger partial charge in [-0.25, -0.2) is 4.99 Å². The molecule has 2 heterocycles. The topological polar surface area (TPSA) is 65.4 Å². The Balaban J connectivity index is 2.14. The van der Waals surface area contributed by atoms with Gasteiger partial charge in [-0.15, -0.1) is 0 Å². The van der Waals surface area contributed by atoms with Gasteiger partial charge in [0.15, 0.2) is 5.88 Å². The molecule has 1 aromatic heterocycles. The van der Waals surface area contributed by atoms with Gasteiger partial charge in [-0.2, -0.15) is 0 Å². The Hall–Kier alpha value is -2.30. The van der Waals surface area contributed by atoms with Crippen LogP contribution in [-0.2, 0) is 4.79 Å². The first-order chi connectivity index (χ1) is 10.5. The minimum Gasteiger partial charge on any atom is -0.494 e. The van der Waals surface area contributed by atoms with Gasteiger partial charge in [0.05, 0.1) is 22.0 Å². The van der Waals surface area contributed by atoms with Crippen molar-refractivity contribution in [1.82, 2.24) is 4.98 Å². The van der Waals surface area contributed by atoms with Gasteiger partial charge in [0.2, 0.25) is 0 Å². The molecule has 22 heavy (non-hydrogen) atoms. The molecule has 108 valence electrons. The number of nitrogens with zero attached hydrogens (tertiary/aromatic N) is 1. The zero-order valence-corrected chi connectivity index (χ0v) is 12.5. The lowest BCUT2D eigenvalue weighted by Gasteiger charge is -2.00. The lowest BCUT2D eigenvalue weighted by molar-refractivity contribution is -0.112. The Morgan fingerprint density at radius 1 is 1.05 bits per heavy atom. The number of carbonyl (C=O) groups excluding carboxylic acids is 1. The summed E-state index contributed by atoms with van der Waals surface area (Å²) in [5.74, 6) is -0.484. The van der Waals surface area contributed by atoms with Crippen molar-refractivity contribution in [2.75, 3.05) is 0 Å². The first-order valence-corrected chi connectivity index (χ1v) is 7.23. The van der Waals surface area contributed by atoms with E-state index in [0.29, 0.717) is 42.7 Å². The summed E-state index contributed by atoms with van der Waals surface area (Å²) in [7, 11) is 0. The Bertz CT molecular complexity index is 1080. The van der Waals surface area contributed by atoms with Crippen LogP contribution in [0.1, 0.15) is 5.56 Å². The minimum atomic E-state index is -0.400. The van der Waals surface area contributed by atoms with Crippen molar-refractivity contribution in [3.63, 3.8) is 0 Å². The van der Waals surface area contributed by atoms with Crippen LogP contribution < -0.4 is 10.6 Å². The monoisotopic (exact) mass is 330 g/mol. The molecule has 0 fully saturated rings. The number of aromatic hydroxyl groups is 1. The predicted octanol–water partition coefficient (Wildman–Crippen LogP) is 2.54. The molecule has 0 spiro atoms. The van der Waals surface area contributed by atoms with Crippen LogP contribution in [0.2, 0.25) is 10.0 Å². The van der Waals surface area contributed by atoms with E-state index in [0.717, 1.165) is 0 Å². The van der Waals surface area contributed by atoms with E-state index in [1.165, 1.54) is 0 Å². The molecule has 0 atom stereocenters. The molecule has 1 amide bonds. The molecule has 0 saturated heterocycles. The zero-order valence-electron chi connectivity index (χ0n) is 11.0. The Morgan fingerprint density at radius 2 is 1.77 bits per heavy atom. The molecule has 0 saturated carbocycles. The average molecular weight is 331 g/mol. The van der Waals surface area contributed by atoms with E-state index in [4.69, 9.17) is 23.2 Å². The normalized spacial score (nSPS) is 13.5. The standard InChI is InChI=1S/C16H8Cl2N2O2/c17-7-1-3-9-11(5-7)19-15(21)13(9)14-10-4-2-8(18)6-12(10)20-16(14)22/h1-6,19,21H. The van der Waals surface area contributed by atoms with Crippen molar-refractivity contribution in [2.24, 2.45) is 4.99 Å². The number of nitrogens with one attached hydrogen (secondary N) is 1. The van der Waals surface area contributed by atoms with Gasteiger partial charge in [0, 0.05) is 20.7 Å². The molecule has 0 radical (unpaired) electrons. The number of hydrogen-bond acceptors (Lipinski definition) is 2. The van der Waals surface area contributed by atoms with Crippen molar-refractivity contribution in [3.8, 4) is 5.88 Å². The highest BCUT2D eigenvalue weighted by Crippen LogP contribution is 2.34. The highest BCUT2D eigenvalue weighted by Gasteiger charge is 2.25.